The van der Waals surface area contributed by atoms with Crippen molar-refractivity contribution >= 4 is 27.4 Å². The maximum Gasteiger partial charge on any atom is 0.171 e. The first-order chi connectivity index (χ1) is 7.66. The van der Waals surface area contributed by atoms with Gasteiger partial charge in [-0.25, -0.2) is 4.98 Å². The van der Waals surface area contributed by atoms with Gasteiger partial charge in [-0.1, -0.05) is 15.9 Å². The van der Waals surface area contributed by atoms with Crippen LogP contribution < -0.4 is 5.73 Å². The molecule has 16 heavy (non-hydrogen) atoms. The van der Waals surface area contributed by atoms with Crippen LogP contribution in [0.5, 0.6) is 0 Å². The molecule has 0 atom stereocenters. The Balaban J connectivity index is 2.24. The maximum atomic E-state index is 11.9. The van der Waals surface area contributed by atoms with E-state index in [0.717, 1.165) is 4.47 Å². The molecule has 0 fully saturated rings. The van der Waals surface area contributed by atoms with E-state index in [2.05, 4.69) is 25.9 Å². The van der Waals surface area contributed by atoms with Crippen molar-refractivity contribution in [2.75, 3.05) is 5.73 Å². The van der Waals surface area contributed by atoms with Crippen LogP contribution in [0.25, 0.3) is 0 Å². The maximum absolute atomic E-state index is 11.9. The molecular weight excluding hydrogens is 270 g/mol. The van der Waals surface area contributed by atoms with Crippen LogP contribution in [0.2, 0.25) is 0 Å². The molecule has 2 aromatic rings. The number of carbonyl (C=O) groups excluding carboxylic acids is 1. The van der Waals surface area contributed by atoms with Gasteiger partial charge in [-0.2, -0.15) is 0 Å². The van der Waals surface area contributed by atoms with Crippen molar-refractivity contribution in [1.82, 2.24) is 9.97 Å². The van der Waals surface area contributed by atoms with Gasteiger partial charge < -0.3 is 10.7 Å². The van der Waals surface area contributed by atoms with E-state index in [1.165, 1.54) is 0 Å². The second-order valence-electron chi connectivity index (χ2n) is 3.38. The molecule has 0 unspecified atom stereocenters. The zero-order valence-electron chi connectivity index (χ0n) is 8.40. The highest BCUT2D eigenvalue weighted by Crippen LogP contribution is 2.20. The molecule has 0 saturated carbocycles. The number of nitrogens with one attached hydrogen (secondary N) is 1. The fraction of sp³-hybridized carbons (Fsp3) is 0.0909. The monoisotopic (exact) mass is 279 g/mol. The van der Waals surface area contributed by atoms with Crippen molar-refractivity contribution in [3.63, 3.8) is 0 Å². The molecule has 5 heteroatoms. The van der Waals surface area contributed by atoms with E-state index >= 15 is 0 Å². The minimum atomic E-state index is -0.0193. The first-order valence-electron chi connectivity index (χ1n) is 4.73. The number of Topliss-reactive ketones (excluding diaryl/α,β-unsaturated/α-hetero) is 1. The number of rotatable bonds is 3. The zero-order valence-corrected chi connectivity index (χ0v) is 9.99. The number of imidazole rings is 1. The summed E-state index contributed by atoms with van der Waals surface area (Å²) in [5.74, 6) is 0.633. The summed E-state index contributed by atoms with van der Waals surface area (Å²) in [6, 6.07) is 5.17. The van der Waals surface area contributed by atoms with Crippen LogP contribution in [0.1, 0.15) is 16.2 Å². The highest BCUT2D eigenvalue weighted by atomic mass is 79.9. The summed E-state index contributed by atoms with van der Waals surface area (Å²) in [5.41, 5.74) is 6.80. The fourth-order valence-corrected chi connectivity index (χ4v) is 1.87. The Morgan fingerprint density at radius 2 is 2.31 bits per heavy atom. The smallest absolute Gasteiger partial charge is 0.171 e. The van der Waals surface area contributed by atoms with Crippen LogP contribution in [-0.4, -0.2) is 15.8 Å². The van der Waals surface area contributed by atoms with Crippen LogP contribution in [-0.2, 0) is 6.42 Å². The molecule has 3 N–H and O–H groups in total. The lowest BCUT2D eigenvalue weighted by Crippen LogP contribution is -2.06. The SMILES string of the molecule is Nc1ccc(Br)c(C(=O)Cc2ncc[nH]2)c1. The highest BCUT2D eigenvalue weighted by molar-refractivity contribution is 9.10. The summed E-state index contributed by atoms with van der Waals surface area (Å²) >= 11 is 3.33. The molecule has 0 amide bonds. The van der Waals surface area contributed by atoms with Gasteiger partial charge in [0.1, 0.15) is 5.82 Å². The van der Waals surface area contributed by atoms with Gasteiger partial charge in [0.05, 0.1) is 6.42 Å². The van der Waals surface area contributed by atoms with E-state index in [9.17, 15) is 4.79 Å². The van der Waals surface area contributed by atoms with E-state index in [-0.39, 0.29) is 12.2 Å². The number of nitrogen functional groups attached to an aromatic ring is 1. The minimum absolute atomic E-state index is 0.0193. The van der Waals surface area contributed by atoms with Gasteiger partial charge in [0, 0.05) is 28.1 Å². The molecule has 4 nitrogen and oxygen atoms in total. The molecule has 0 bridgehead atoms. The molecule has 0 aliphatic carbocycles. The van der Waals surface area contributed by atoms with E-state index in [1.54, 1.807) is 30.6 Å². The average Bonchev–Trinajstić information content (AvgIpc) is 2.74. The van der Waals surface area contributed by atoms with Crippen molar-refractivity contribution in [3.8, 4) is 0 Å². The normalized spacial score (nSPS) is 10.3. The van der Waals surface area contributed by atoms with Gasteiger partial charge in [-0.15, -0.1) is 0 Å². The van der Waals surface area contributed by atoms with E-state index in [4.69, 9.17) is 5.73 Å². The number of aromatic nitrogens is 2. The lowest BCUT2D eigenvalue weighted by Gasteiger charge is -2.03. The lowest BCUT2D eigenvalue weighted by molar-refractivity contribution is 0.0990. The summed E-state index contributed by atoms with van der Waals surface area (Å²) in [7, 11) is 0. The predicted octanol–water partition coefficient (Wildman–Crippen LogP) is 2.18. The van der Waals surface area contributed by atoms with Gasteiger partial charge in [0.25, 0.3) is 0 Å². The standard InChI is InChI=1S/C11H10BrN3O/c12-9-2-1-7(13)5-8(9)10(16)6-11-14-3-4-15-11/h1-5H,6,13H2,(H,14,15). The van der Waals surface area contributed by atoms with Crippen molar-refractivity contribution in [2.45, 2.75) is 6.42 Å². The van der Waals surface area contributed by atoms with Crippen molar-refractivity contribution in [3.05, 3.63) is 46.5 Å². The number of aromatic amines is 1. The van der Waals surface area contributed by atoms with Crippen LogP contribution in [0, 0.1) is 0 Å². The number of anilines is 1. The number of H-pyrrole nitrogens is 1. The van der Waals surface area contributed by atoms with Gasteiger partial charge in [-0.05, 0) is 18.2 Å². The van der Waals surface area contributed by atoms with Crippen molar-refractivity contribution in [2.24, 2.45) is 0 Å². The molecule has 1 aromatic carbocycles. The quantitative estimate of drug-likeness (QED) is 0.668. The first-order valence-corrected chi connectivity index (χ1v) is 5.52. The number of hydrogen-bond acceptors (Lipinski definition) is 3. The number of hydrogen-bond donors (Lipinski definition) is 2. The van der Waals surface area contributed by atoms with E-state index in [0.29, 0.717) is 17.1 Å². The third-order valence-electron chi connectivity index (χ3n) is 2.17. The number of ketones is 1. The van der Waals surface area contributed by atoms with Crippen LogP contribution >= 0.6 is 15.9 Å². The topological polar surface area (TPSA) is 71.8 Å². The van der Waals surface area contributed by atoms with Crippen molar-refractivity contribution < 1.29 is 4.79 Å². The molecule has 0 aliphatic rings. The molecule has 0 aliphatic heterocycles. The van der Waals surface area contributed by atoms with Gasteiger partial charge in [-0.3, -0.25) is 4.79 Å². The van der Waals surface area contributed by atoms with Crippen LogP contribution in [0.4, 0.5) is 5.69 Å². The van der Waals surface area contributed by atoms with Crippen molar-refractivity contribution in [1.29, 1.82) is 0 Å². The van der Waals surface area contributed by atoms with Crippen LogP contribution in [0.15, 0.2) is 35.1 Å². The summed E-state index contributed by atoms with van der Waals surface area (Å²) in [6.45, 7) is 0. The van der Waals surface area contributed by atoms with Gasteiger partial charge in [0.15, 0.2) is 5.78 Å². The summed E-state index contributed by atoms with van der Waals surface area (Å²) in [5, 5.41) is 0. The Labute approximate surface area is 101 Å². The first kappa shape index (κ1) is 10.9. The molecule has 1 aromatic heterocycles. The largest absolute Gasteiger partial charge is 0.399 e. The molecular formula is C11H10BrN3O. The number of halogens is 1. The second-order valence-corrected chi connectivity index (χ2v) is 4.23. The number of benzene rings is 1. The zero-order chi connectivity index (χ0) is 11.5. The molecule has 0 radical (unpaired) electrons. The average molecular weight is 280 g/mol. The third-order valence-corrected chi connectivity index (χ3v) is 2.87. The Kier molecular flexibility index (Phi) is 3.05. The van der Waals surface area contributed by atoms with Crippen LogP contribution in [0.3, 0.4) is 0 Å². The lowest BCUT2D eigenvalue weighted by atomic mass is 10.1. The van der Waals surface area contributed by atoms with E-state index < -0.39 is 0 Å². The number of carbonyl (C=O) groups is 1. The van der Waals surface area contributed by atoms with Gasteiger partial charge >= 0.3 is 0 Å². The Morgan fingerprint density at radius 1 is 1.50 bits per heavy atom. The second kappa shape index (κ2) is 4.49. The molecule has 0 spiro atoms. The molecule has 2 rings (SSSR count). The minimum Gasteiger partial charge on any atom is -0.399 e. The third kappa shape index (κ3) is 2.30. The number of nitrogens with two attached hydrogens (primary N) is 1. The van der Waals surface area contributed by atoms with Gasteiger partial charge in [0.2, 0.25) is 0 Å². The number of nitrogens with zero attached hydrogens (tertiary/aromatic N) is 1. The molecule has 1 heterocycles. The summed E-state index contributed by atoms with van der Waals surface area (Å²) < 4.78 is 0.748. The molecule has 0 saturated heterocycles. The molecule has 82 valence electrons. The predicted molar refractivity (Wildman–Crippen MR) is 65.2 cm³/mol. The summed E-state index contributed by atoms with van der Waals surface area (Å²) in [4.78, 5) is 18.8. The highest BCUT2D eigenvalue weighted by Gasteiger charge is 2.12. The Morgan fingerprint density at radius 3 is 3.00 bits per heavy atom. The van der Waals surface area contributed by atoms with E-state index in [1.807, 2.05) is 0 Å². The summed E-state index contributed by atoms with van der Waals surface area (Å²) in [6.07, 6.45) is 3.56. The Bertz CT molecular complexity index is 508. The Hall–Kier alpha value is -1.62. The fourth-order valence-electron chi connectivity index (χ4n) is 1.40.